The molecule has 0 aliphatic heterocycles. The Hall–Kier alpha value is -1.30. The van der Waals surface area contributed by atoms with E-state index in [2.05, 4.69) is 0 Å². The van der Waals surface area contributed by atoms with Crippen LogP contribution in [0.3, 0.4) is 0 Å². The average molecular weight is 248 g/mol. The van der Waals surface area contributed by atoms with E-state index in [1.54, 1.807) is 12.1 Å². The Kier molecular flexibility index (Phi) is 5.23. The highest BCUT2D eigenvalue weighted by molar-refractivity contribution is 5.85. The van der Waals surface area contributed by atoms with Crippen LogP contribution in [0.5, 0.6) is 5.75 Å². The summed E-state index contributed by atoms with van der Waals surface area (Å²) >= 11 is 0. The number of aliphatic carboxylic acids is 1. The second kappa shape index (κ2) is 5.69. The number of halogens is 1. The molecule has 0 heterocycles. The van der Waals surface area contributed by atoms with Gasteiger partial charge in [-0.25, -0.2) is 0 Å². The minimum Gasteiger partial charge on any atom is -0.508 e. The third-order valence-electron chi connectivity index (χ3n) is 2.16. The van der Waals surface area contributed by atoms with Crippen molar-refractivity contribution in [1.82, 2.24) is 0 Å². The van der Waals surface area contributed by atoms with Crippen molar-refractivity contribution < 1.29 is 20.1 Å². The molecule has 1 atom stereocenters. The molecule has 0 bridgehead atoms. The van der Waals surface area contributed by atoms with E-state index in [1.165, 1.54) is 12.1 Å². The van der Waals surface area contributed by atoms with Crippen molar-refractivity contribution in [2.45, 2.75) is 12.0 Å². The lowest BCUT2D eigenvalue weighted by Crippen LogP contribution is -2.53. The first-order valence-corrected chi connectivity index (χ1v) is 4.39. The van der Waals surface area contributed by atoms with Gasteiger partial charge in [0.25, 0.3) is 0 Å². The fourth-order valence-corrected chi connectivity index (χ4v) is 1.18. The third kappa shape index (κ3) is 3.37. The Bertz CT molecular complexity index is 354. The number of carboxylic acid groups (broad SMARTS) is 1. The van der Waals surface area contributed by atoms with E-state index in [0.717, 1.165) is 0 Å². The molecule has 6 heteroatoms. The minimum atomic E-state index is -1.67. The predicted octanol–water partition coefficient (Wildman–Crippen LogP) is 0.131. The van der Waals surface area contributed by atoms with E-state index in [1.807, 2.05) is 0 Å². The van der Waals surface area contributed by atoms with Crippen molar-refractivity contribution in [3.05, 3.63) is 29.8 Å². The number of nitrogens with two attached hydrogens (primary N) is 1. The predicted molar refractivity (Wildman–Crippen MR) is 60.7 cm³/mol. The standard InChI is InChI=1S/C10H13NO4.ClH/c11-10(6-12,9(14)15)5-7-1-3-8(13)4-2-7;/h1-4,12-13H,5-6,11H2,(H,14,15);1H/t10-;/m1./s1. The molecule has 1 aromatic rings. The first kappa shape index (κ1) is 14.7. The van der Waals surface area contributed by atoms with Gasteiger partial charge in [0, 0.05) is 6.42 Å². The van der Waals surface area contributed by atoms with Crippen LogP contribution in [0.4, 0.5) is 0 Å². The summed E-state index contributed by atoms with van der Waals surface area (Å²) in [5, 5.41) is 26.8. The van der Waals surface area contributed by atoms with Crippen molar-refractivity contribution >= 4 is 18.4 Å². The van der Waals surface area contributed by atoms with E-state index in [0.29, 0.717) is 5.56 Å². The zero-order valence-electron chi connectivity index (χ0n) is 8.46. The summed E-state index contributed by atoms with van der Waals surface area (Å²) in [7, 11) is 0. The van der Waals surface area contributed by atoms with Gasteiger partial charge >= 0.3 is 5.97 Å². The van der Waals surface area contributed by atoms with Gasteiger partial charge in [0.15, 0.2) is 0 Å². The first-order chi connectivity index (χ1) is 6.98. The number of carbonyl (C=O) groups is 1. The van der Waals surface area contributed by atoms with E-state index in [-0.39, 0.29) is 24.6 Å². The zero-order chi connectivity index (χ0) is 11.5. The fourth-order valence-electron chi connectivity index (χ4n) is 1.18. The van der Waals surface area contributed by atoms with Crippen LogP contribution < -0.4 is 5.73 Å². The summed E-state index contributed by atoms with van der Waals surface area (Å²) in [4.78, 5) is 10.8. The summed E-state index contributed by atoms with van der Waals surface area (Å²) in [5.74, 6) is -1.15. The topological polar surface area (TPSA) is 104 Å². The number of hydrogen-bond acceptors (Lipinski definition) is 4. The molecule has 0 radical (unpaired) electrons. The van der Waals surface area contributed by atoms with Crippen LogP contribution in [-0.4, -0.2) is 33.4 Å². The smallest absolute Gasteiger partial charge is 0.326 e. The van der Waals surface area contributed by atoms with Crippen LogP contribution in [0, 0.1) is 0 Å². The molecule has 1 rings (SSSR count). The molecular weight excluding hydrogens is 234 g/mol. The molecule has 0 aromatic heterocycles. The van der Waals surface area contributed by atoms with Crippen LogP contribution in [0.25, 0.3) is 0 Å². The molecular formula is C10H14ClNO4. The van der Waals surface area contributed by atoms with Gasteiger partial charge in [0.1, 0.15) is 11.3 Å². The van der Waals surface area contributed by atoms with Crippen LogP contribution >= 0.6 is 12.4 Å². The molecule has 0 amide bonds. The second-order valence-electron chi connectivity index (χ2n) is 3.46. The van der Waals surface area contributed by atoms with Crippen molar-refractivity contribution in [3.8, 4) is 5.75 Å². The van der Waals surface area contributed by atoms with E-state index in [4.69, 9.17) is 21.1 Å². The Morgan fingerprint density at radius 2 is 1.81 bits per heavy atom. The lowest BCUT2D eigenvalue weighted by atomic mass is 9.93. The lowest BCUT2D eigenvalue weighted by Gasteiger charge is -2.21. The molecule has 0 aliphatic rings. The second-order valence-corrected chi connectivity index (χ2v) is 3.46. The lowest BCUT2D eigenvalue weighted by molar-refractivity contribution is -0.144. The number of aromatic hydroxyl groups is 1. The van der Waals surface area contributed by atoms with Crippen molar-refractivity contribution in [1.29, 1.82) is 0 Å². The van der Waals surface area contributed by atoms with E-state index in [9.17, 15) is 4.79 Å². The Balaban J connectivity index is 0.00000225. The molecule has 0 saturated heterocycles. The quantitative estimate of drug-likeness (QED) is 0.606. The van der Waals surface area contributed by atoms with Gasteiger partial charge < -0.3 is 21.1 Å². The molecule has 0 aliphatic carbocycles. The maximum atomic E-state index is 10.8. The van der Waals surface area contributed by atoms with Crippen molar-refractivity contribution in [2.75, 3.05) is 6.61 Å². The van der Waals surface area contributed by atoms with Gasteiger partial charge in [-0.1, -0.05) is 12.1 Å². The molecule has 0 saturated carbocycles. The molecule has 0 unspecified atom stereocenters. The molecule has 16 heavy (non-hydrogen) atoms. The average Bonchev–Trinajstić information content (AvgIpc) is 2.21. The molecule has 1 aromatic carbocycles. The monoisotopic (exact) mass is 247 g/mol. The maximum Gasteiger partial charge on any atom is 0.326 e. The largest absolute Gasteiger partial charge is 0.508 e. The number of carboxylic acids is 1. The Labute approximate surface area is 98.9 Å². The molecule has 5 N–H and O–H groups in total. The molecule has 90 valence electrons. The zero-order valence-corrected chi connectivity index (χ0v) is 9.28. The summed E-state index contributed by atoms with van der Waals surface area (Å²) < 4.78 is 0. The maximum absolute atomic E-state index is 10.8. The van der Waals surface area contributed by atoms with Gasteiger partial charge in [-0.2, -0.15) is 0 Å². The van der Waals surface area contributed by atoms with Crippen LogP contribution in [0.2, 0.25) is 0 Å². The number of aliphatic hydroxyl groups is 1. The van der Waals surface area contributed by atoms with Gasteiger partial charge in [0.05, 0.1) is 6.61 Å². The van der Waals surface area contributed by atoms with Crippen molar-refractivity contribution in [2.24, 2.45) is 5.73 Å². The highest BCUT2D eigenvalue weighted by Crippen LogP contribution is 2.15. The summed E-state index contributed by atoms with van der Waals surface area (Å²) in [6.45, 7) is -0.636. The first-order valence-electron chi connectivity index (χ1n) is 4.39. The van der Waals surface area contributed by atoms with Crippen molar-refractivity contribution in [3.63, 3.8) is 0 Å². The number of benzene rings is 1. The van der Waals surface area contributed by atoms with Gasteiger partial charge in [-0.15, -0.1) is 12.4 Å². The number of aliphatic hydroxyl groups excluding tert-OH is 1. The van der Waals surface area contributed by atoms with E-state index >= 15 is 0 Å². The van der Waals surface area contributed by atoms with Gasteiger partial charge in [-0.3, -0.25) is 4.79 Å². The number of phenolic OH excluding ortho intramolecular Hbond substituents is 1. The number of rotatable bonds is 4. The minimum absolute atomic E-state index is 0. The molecule has 0 fully saturated rings. The fraction of sp³-hybridized carbons (Fsp3) is 0.300. The normalized spacial score (nSPS) is 13.6. The Morgan fingerprint density at radius 3 is 2.19 bits per heavy atom. The number of hydrogen-bond donors (Lipinski definition) is 4. The van der Waals surface area contributed by atoms with E-state index < -0.39 is 18.1 Å². The van der Waals surface area contributed by atoms with Crippen LogP contribution in [0.15, 0.2) is 24.3 Å². The van der Waals surface area contributed by atoms with Gasteiger partial charge in [0.2, 0.25) is 0 Å². The van der Waals surface area contributed by atoms with Gasteiger partial charge in [-0.05, 0) is 17.7 Å². The Morgan fingerprint density at radius 1 is 1.31 bits per heavy atom. The summed E-state index contributed by atoms with van der Waals surface area (Å²) in [6.07, 6.45) is 0.0130. The van der Waals surface area contributed by atoms with Crippen LogP contribution in [-0.2, 0) is 11.2 Å². The third-order valence-corrected chi connectivity index (χ3v) is 2.16. The summed E-state index contributed by atoms with van der Waals surface area (Å²) in [6, 6.07) is 6.01. The molecule has 0 spiro atoms. The SMILES string of the molecule is Cl.N[C@@](CO)(Cc1ccc(O)cc1)C(=O)O. The molecule has 5 nitrogen and oxygen atoms in total. The number of phenols is 1. The highest BCUT2D eigenvalue weighted by Gasteiger charge is 2.33. The highest BCUT2D eigenvalue weighted by atomic mass is 35.5. The summed E-state index contributed by atoms with van der Waals surface area (Å²) in [5.41, 5.74) is 4.47. The van der Waals surface area contributed by atoms with Crippen LogP contribution in [0.1, 0.15) is 5.56 Å².